The van der Waals surface area contributed by atoms with E-state index in [2.05, 4.69) is 32.6 Å². The van der Waals surface area contributed by atoms with Crippen molar-refractivity contribution in [2.24, 2.45) is 0 Å². The van der Waals surface area contributed by atoms with Crippen molar-refractivity contribution in [1.29, 1.82) is 0 Å². The third-order valence-electron chi connectivity index (χ3n) is 3.13. The van der Waals surface area contributed by atoms with Crippen LogP contribution in [-0.2, 0) is 6.42 Å². The summed E-state index contributed by atoms with van der Waals surface area (Å²) >= 11 is 4.88. The number of amides is 1. The Labute approximate surface area is 124 Å². The van der Waals surface area contributed by atoms with E-state index in [1.165, 1.54) is 22.6 Å². The molecular weight excluding hydrogens is 324 g/mol. The van der Waals surface area contributed by atoms with Crippen LogP contribution >= 0.6 is 27.3 Å². The van der Waals surface area contributed by atoms with E-state index in [1.54, 1.807) is 0 Å². The van der Waals surface area contributed by atoms with E-state index < -0.39 is 0 Å². The summed E-state index contributed by atoms with van der Waals surface area (Å²) < 4.78 is 0.965. The van der Waals surface area contributed by atoms with Gasteiger partial charge in [0.15, 0.2) is 0 Å². The number of hydrogen-bond donors (Lipinski definition) is 2. The number of halogens is 1. The Kier molecular flexibility index (Phi) is 3.57. The molecule has 98 valence electrons. The average Bonchev–Trinajstić information content (AvgIpc) is 2.85. The number of rotatable bonds is 2. The Morgan fingerprint density at radius 2 is 2.26 bits per heavy atom. The molecule has 3 nitrogen and oxygen atoms in total. The van der Waals surface area contributed by atoms with Crippen LogP contribution in [0.2, 0.25) is 0 Å². The lowest BCUT2D eigenvalue weighted by molar-refractivity contribution is 0.102. The largest absolute Gasteiger partial charge is 0.385 e. The zero-order valence-corrected chi connectivity index (χ0v) is 12.6. The van der Waals surface area contributed by atoms with Gasteiger partial charge in [-0.15, -0.1) is 11.3 Å². The van der Waals surface area contributed by atoms with Crippen molar-refractivity contribution >= 4 is 44.5 Å². The molecule has 0 radical (unpaired) electrons. The number of fused-ring (bicyclic) bond motifs is 1. The molecule has 1 aliphatic heterocycles. The van der Waals surface area contributed by atoms with Gasteiger partial charge in [-0.1, -0.05) is 0 Å². The van der Waals surface area contributed by atoms with Crippen LogP contribution in [0.25, 0.3) is 0 Å². The van der Waals surface area contributed by atoms with Crippen molar-refractivity contribution in [3.8, 4) is 0 Å². The first-order chi connectivity index (χ1) is 9.22. The molecule has 2 aromatic rings. The van der Waals surface area contributed by atoms with E-state index in [1.807, 2.05) is 23.6 Å². The molecule has 0 fully saturated rings. The lowest BCUT2D eigenvalue weighted by Crippen LogP contribution is -2.14. The fourth-order valence-electron chi connectivity index (χ4n) is 2.19. The van der Waals surface area contributed by atoms with Gasteiger partial charge in [0.1, 0.15) is 0 Å². The zero-order valence-electron chi connectivity index (χ0n) is 10.2. The maximum absolute atomic E-state index is 12.1. The molecule has 2 heterocycles. The monoisotopic (exact) mass is 336 g/mol. The molecule has 1 aromatic carbocycles. The number of carbonyl (C=O) groups excluding carboxylic acids is 1. The number of nitrogens with one attached hydrogen (secondary N) is 2. The van der Waals surface area contributed by atoms with Crippen LogP contribution in [0.1, 0.15) is 22.3 Å². The minimum Gasteiger partial charge on any atom is -0.385 e. The minimum absolute atomic E-state index is 0.0642. The summed E-state index contributed by atoms with van der Waals surface area (Å²) in [6.07, 6.45) is 2.21. The number of benzene rings is 1. The first-order valence-electron chi connectivity index (χ1n) is 6.14. The van der Waals surface area contributed by atoms with Gasteiger partial charge in [-0.05, 0) is 58.6 Å². The maximum atomic E-state index is 12.1. The Balaban J connectivity index is 1.78. The molecule has 0 unspecified atom stereocenters. The molecule has 3 rings (SSSR count). The summed E-state index contributed by atoms with van der Waals surface area (Å²) in [5.74, 6) is -0.0642. The van der Waals surface area contributed by atoms with E-state index in [-0.39, 0.29) is 5.91 Å². The van der Waals surface area contributed by atoms with Crippen molar-refractivity contribution in [3.63, 3.8) is 0 Å². The molecule has 1 aromatic heterocycles. The van der Waals surface area contributed by atoms with E-state index in [0.29, 0.717) is 5.56 Å². The Morgan fingerprint density at radius 3 is 3.05 bits per heavy atom. The van der Waals surface area contributed by atoms with E-state index >= 15 is 0 Å². The number of carbonyl (C=O) groups is 1. The molecule has 0 bridgehead atoms. The van der Waals surface area contributed by atoms with Crippen LogP contribution in [-0.4, -0.2) is 12.5 Å². The Morgan fingerprint density at radius 1 is 1.37 bits per heavy atom. The molecule has 0 aliphatic carbocycles. The van der Waals surface area contributed by atoms with Crippen LogP contribution in [0.4, 0.5) is 11.4 Å². The highest BCUT2D eigenvalue weighted by Crippen LogP contribution is 2.26. The molecule has 5 heteroatoms. The molecule has 1 aliphatic rings. The molecule has 0 spiro atoms. The highest BCUT2D eigenvalue weighted by Gasteiger charge is 2.11. The van der Waals surface area contributed by atoms with Gasteiger partial charge in [-0.3, -0.25) is 4.79 Å². The van der Waals surface area contributed by atoms with Crippen LogP contribution in [0.3, 0.4) is 0 Å². The predicted octanol–water partition coefficient (Wildman–Crippen LogP) is 4.12. The minimum atomic E-state index is -0.0642. The summed E-state index contributed by atoms with van der Waals surface area (Å²) in [4.78, 5) is 12.1. The van der Waals surface area contributed by atoms with Crippen LogP contribution < -0.4 is 10.6 Å². The summed E-state index contributed by atoms with van der Waals surface area (Å²) in [6, 6.07) is 7.87. The standard InChI is InChI=1S/C14H13BrN2OS/c15-13-7-10(8-19-13)14(18)17-11-3-4-12-9(6-11)2-1-5-16-12/h3-4,6-8,16H,1-2,5H2,(H,17,18). The van der Waals surface area contributed by atoms with Gasteiger partial charge in [-0.25, -0.2) is 0 Å². The highest BCUT2D eigenvalue weighted by molar-refractivity contribution is 9.11. The highest BCUT2D eigenvalue weighted by atomic mass is 79.9. The van der Waals surface area contributed by atoms with Crippen LogP contribution in [0.5, 0.6) is 0 Å². The quantitative estimate of drug-likeness (QED) is 0.865. The Hall–Kier alpha value is -1.33. The third-order valence-corrected chi connectivity index (χ3v) is 4.64. The molecule has 0 atom stereocenters. The van der Waals surface area contributed by atoms with Crippen molar-refractivity contribution in [1.82, 2.24) is 0 Å². The van der Waals surface area contributed by atoms with Gasteiger partial charge in [0.2, 0.25) is 0 Å². The summed E-state index contributed by atoms with van der Waals surface area (Å²) in [6.45, 7) is 1.03. The number of aryl methyl sites for hydroxylation is 1. The molecule has 1 amide bonds. The van der Waals surface area contributed by atoms with E-state index in [9.17, 15) is 4.79 Å². The second-order valence-electron chi connectivity index (χ2n) is 4.50. The van der Waals surface area contributed by atoms with Crippen molar-refractivity contribution in [2.75, 3.05) is 17.2 Å². The number of hydrogen-bond acceptors (Lipinski definition) is 3. The fraction of sp³-hybridized carbons (Fsp3) is 0.214. The Bertz CT molecular complexity index is 624. The van der Waals surface area contributed by atoms with Crippen LogP contribution in [0, 0.1) is 0 Å². The summed E-state index contributed by atoms with van der Waals surface area (Å²) in [7, 11) is 0. The van der Waals surface area contributed by atoms with E-state index in [4.69, 9.17) is 0 Å². The van der Waals surface area contributed by atoms with Crippen molar-refractivity contribution < 1.29 is 4.79 Å². The second kappa shape index (κ2) is 5.35. The SMILES string of the molecule is O=C(Nc1ccc2c(c1)CCCN2)c1csc(Br)c1. The molecule has 2 N–H and O–H groups in total. The average molecular weight is 337 g/mol. The van der Waals surface area contributed by atoms with Gasteiger partial charge >= 0.3 is 0 Å². The predicted molar refractivity (Wildman–Crippen MR) is 83.2 cm³/mol. The molecule has 0 saturated carbocycles. The zero-order chi connectivity index (χ0) is 13.2. The topological polar surface area (TPSA) is 41.1 Å². The molecule has 0 saturated heterocycles. The lowest BCUT2D eigenvalue weighted by atomic mass is 10.0. The van der Waals surface area contributed by atoms with Gasteiger partial charge in [0, 0.05) is 23.3 Å². The summed E-state index contributed by atoms with van der Waals surface area (Å²) in [5.41, 5.74) is 4.00. The van der Waals surface area contributed by atoms with Gasteiger partial charge in [0.05, 0.1) is 9.35 Å². The number of thiophene rings is 1. The smallest absolute Gasteiger partial charge is 0.256 e. The maximum Gasteiger partial charge on any atom is 0.256 e. The molecular formula is C14H13BrN2OS. The molecule has 19 heavy (non-hydrogen) atoms. The van der Waals surface area contributed by atoms with Crippen molar-refractivity contribution in [3.05, 3.63) is 44.6 Å². The first-order valence-corrected chi connectivity index (χ1v) is 7.82. The summed E-state index contributed by atoms with van der Waals surface area (Å²) in [5, 5.41) is 8.15. The van der Waals surface area contributed by atoms with Gasteiger partial charge in [-0.2, -0.15) is 0 Å². The van der Waals surface area contributed by atoms with E-state index in [0.717, 1.165) is 28.9 Å². The fourth-order valence-corrected chi connectivity index (χ4v) is 3.32. The second-order valence-corrected chi connectivity index (χ2v) is 6.79. The van der Waals surface area contributed by atoms with Gasteiger partial charge < -0.3 is 10.6 Å². The van der Waals surface area contributed by atoms with Crippen LogP contribution in [0.15, 0.2) is 33.4 Å². The van der Waals surface area contributed by atoms with Gasteiger partial charge in [0.25, 0.3) is 5.91 Å². The first kappa shape index (κ1) is 12.7. The normalized spacial score (nSPS) is 13.5. The lowest BCUT2D eigenvalue weighted by Gasteiger charge is -2.18. The number of anilines is 2. The third kappa shape index (κ3) is 2.82. The van der Waals surface area contributed by atoms with Crippen molar-refractivity contribution in [2.45, 2.75) is 12.8 Å².